The molecule has 0 saturated carbocycles. The van der Waals surface area contributed by atoms with E-state index < -0.39 is 12.2 Å². The van der Waals surface area contributed by atoms with Gasteiger partial charge in [0.2, 0.25) is 0 Å². The van der Waals surface area contributed by atoms with Gasteiger partial charge in [-0.15, -0.1) is 0 Å². The zero-order valence-electron chi connectivity index (χ0n) is 11.0. The average Bonchev–Trinajstić information content (AvgIpc) is 2.10. The Morgan fingerprint density at radius 3 is 1.62 bits per heavy atom. The molecule has 1 atom stereocenters. The van der Waals surface area contributed by atoms with Crippen LogP contribution in [0, 0.1) is 0 Å². The number of rotatable bonds is 5. The van der Waals surface area contributed by atoms with Gasteiger partial charge in [0.1, 0.15) is 6.04 Å². The minimum Gasteiger partial charge on any atom is -0.302 e. The summed E-state index contributed by atoms with van der Waals surface area (Å²) < 4.78 is 38.7. The van der Waals surface area contributed by atoms with Crippen LogP contribution in [0.5, 0.6) is 0 Å². The zero-order valence-corrected chi connectivity index (χ0v) is 11.0. The molecule has 2 nitrogen and oxygen atoms in total. The molecular weight excluding hydrogens is 217 g/mol. The third kappa shape index (κ3) is 4.70. The zero-order chi connectivity index (χ0) is 13.1. The number of hydrogen-bond acceptors (Lipinski definition) is 2. The number of likely N-dealkylation sites (N-methyl/N-ethyl adjacent to an activating group) is 2. The van der Waals surface area contributed by atoms with Crippen LogP contribution in [-0.4, -0.2) is 54.7 Å². The summed E-state index contributed by atoms with van der Waals surface area (Å²) in [6.45, 7) is 7.34. The molecule has 0 aliphatic carbocycles. The topological polar surface area (TPSA) is 6.48 Å². The van der Waals surface area contributed by atoms with E-state index in [0.717, 1.165) is 0 Å². The van der Waals surface area contributed by atoms with E-state index in [0.29, 0.717) is 0 Å². The van der Waals surface area contributed by atoms with E-state index in [1.807, 2.05) is 13.8 Å². The normalized spacial score (nSPS) is 15.6. The molecule has 98 valence electrons. The van der Waals surface area contributed by atoms with Crippen LogP contribution in [0.25, 0.3) is 0 Å². The van der Waals surface area contributed by atoms with Crippen LogP contribution in [-0.2, 0) is 0 Å². The molecule has 0 bridgehead atoms. The van der Waals surface area contributed by atoms with Gasteiger partial charge in [0.05, 0.1) is 0 Å². The Hall–Kier alpha value is -0.290. The number of halogens is 3. The molecule has 0 amide bonds. The second kappa shape index (κ2) is 5.87. The quantitative estimate of drug-likeness (QED) is 0.729. The lowest BCUT2D eigenvalue weighted by Gasteiger charge is -2.36. The van der Waals surface area contributed by atoms with Crippen LogP contribution in [0.1, 0.15) is 27.7 Å². The SMILES string of the molecule is CC(C)N(C)C[C@H](N(C)C(C)C)C(F)(F)F. The Morgan fingerprint density at radius 1 is 0.938 bits per heavy atom. The highest BCUT2D eigenvalue weighted by Gasteiger charge is 2.43. The monoisotopic (exact) mass is 240 g/mol. The Kier molecular flexibility index (Phi) is 5.76. The lowest BCUT2D eigenvalue weighted by Crippen LogP contribution is -2.53. The van der Waals surface area contributed by atoms with Crippen molar-refractivity contribution in [2.75, 3.05) is 20.6 Å². The van der Waals surface area contributed by atoms with Crippen molar-refractivity contribution in [3.63, 3.8) is 0 Å². The van der Waals surface area contributed by atoms with Gasteiger partial charge in [-0.3, -0.25) is 4.90 Å². The summed E-state index contributed by atoms with van der Waals surface area (Å²) >= 11 is 0. The highest BCUT2D eigenvalue weighted by molar-refractivity contribution is 4.82. The van der Waals surface area contributed by atoms with Crippen molar-refractivity contribution in [3.8, 4) is 0 Å². The van der Waals surface area contributed by atoms with Crippen molar-refractivity contribution in [1.82, 2.24) is 9.80 Å². The highest BCUT2D eigenvalue weighted by Crippen LogP contribution is 2.26. The van der Waals surface area contributed by atoms with Gasteiger partial charge in [-0.2, -0.15) is 13.2 Å². The third-order valence-corrected chi connectivity index (χ3v) is 3.03. The first-order valence-corrected chi connectivity index (χ1v) is 5.56. The van der Waals surface area contributed by atoms with Gasteiger partial charge < -0.3 is 4.90 Å². The summed E-state index contributed by atoms with van der Waals surface area (Å²) in [5, 5.41) is 0. The molecule has 0 N–H and O–H groups in total. The first-order valence-electron chi connectivity index (χ1n) is 5.56. The fourth-order valence-electron chi connectivity index (χ4n) is 1.31. The fraction of sp³-hybridized carbons (Fsp3) is 1.00. The maximum absolute atomic E-state index is 12.9. The van der Waals surface area contributed by atoms with E-state index in [-0.39, 0.29) is 18.6 Å². The van der Waals surface area contributed by atoms with Crippen LogP contribution in [0.2, 0.25) is 0 Å². The second-order valence-electron chi connectivity index (χ2n) is 4.85. The first-order chi connectivity index (χ1) is 7.07. The molecule has 0 radical (unpaired) electrons. The second-order valence-corrected chi connectivity index (χ2v) is 4.85. The molecule has 0 aromatic carbocycles. The molecule has 0 saturated heterocycles. The van der Waals surface area contributed by atoms with Crippen molar-refractivity contribution in [2.45, 2.75) is 52.0 Å². The molecule has 0 aromatic heterocycles. The number of alkyl halides is 3. The van der Waals surface area contributed by atoms with E-state index in [1.54, 1.807) is 25.8 Å². The third-order valence-electron chi connectivity index (χ3n) is 3.03. The van der Waals surface area contributed by atoms with Crippen molar-refractivity contribution in [2.24, 2.45) is 0 Å². The van der Waals surface area contributed by atoms with Crippen LogP contribution >= 0.6 is 0 Å². The molecule has 0 unspecified atom stereocenters. The molecule has 0 aliphatic rings. The Balaban J connectivity index is 4.70. The number of hydrogen-bond donors (Lipinski definition) is 0. The average molecular weight is 240 g/mol. The number of nitrogens with zero attached hydrogens (tertiary/aromatic N) is 2. The summed E-state index contributed by atoms with van der Waals surface area (Å²) in [5.74, 6) is 0. The van der Waals surface area contributed by atoms with Gasteiger partial charge in [0, 0.05) is 18.6 Å². The van der Waals surface area contributed by atoms with Gasteiger partial charge in [-0.25, -0.2) is 0 Å². The lowest BCUT2D eigenvalue weighted by molar-refractivity contribution is -0.188. The van der Waals surface area contributed by atoms with Crippen molar-refractivity contribution in [3.05, 3.63) is 0 Å². The van der Waals surface area contributed by atoms with Crippen molar-refractivity contribution < 1.29 is 13.2 Å². The van der Waals surface area contributed by atoms with E-state index in [1.165, 1.54) is 11.9 Å². The Bertz CT molecular complexity index is 202. The smallest absolute Gasteiger partial charge is 0.302 e. The minimum atomic E-state index is -4.18. The van der Waals surface area contributed by atoms with Crippen LogP contribution in [0.4, 0.5) is 13.2 Å². The summed E-state index contributed by atoms with van der Waals surface area (Å²) in [7, 11) is 3.24. The maximum atomic E-state index is 12.9. The fourth-order valence-corrected chi connectivity index (χ4v) is 1.31. The highest BCUT2D eigenvalue weighted by atomic mass is 19.4. The molecule has 0 aromatic rings. The van der Waals surface area contributed by atoms with Gasteiger partial charge in [-0.1, -0.05) is 0 Å². The summed E-state index contributed by atoms with van der Waals surface area (Å²) in [4.78, 5) is 3.09. The predicted octanol–water partition coefficient (Wildman–Crippen LogP) is 2.60. The van der Waals surface area contributed by atoms with Gasteiger partial charge in [0.15, 0.2) is 0 Å². The summed E-state index contributed by atoms with van der Waals surface area (Å²) in [6, 6.07) is -1.41. The first kappa shape index (κ1) is 15.7. The largest absolute Gasteiger partial charge is 0.405 e. The van der Waals surface area contributed by atoms with Crippen LogP contribution in [0.3, 0.4) is 0 Å². The Labute approximate surface area is 96.4 Å². The van der Waals surface area contributed by atoms with E-state index in [4.69, 9.17) is 0 Å². The molecule has 0 fully saturated rings. The van der Waals surface area contributed by atoms with E-state index in [2.05, 4.69) is 0 Å². The summed E-state index contributed by atoms with van der Waals surface area (Å²) in [6.07, 6.45) is -4.18. The molecular formula is C11H23F3N2. The predicted molar refractivity (Wildman–Crippen MR) is 60.5 cm³/mol. The maximum Gasteiger partial charge on any atom is 0.405 e. The van der Waals surface area contributed by atoms with Gasteiger partial charge >= 0.3 is 6.18 Å². The van der Waals surface area contributed by atoms with Gasteiger partial charge in [0.25, 0.3) is 0 Å². The van der Waals surface area contributed by atoms with Crippen LogP contribution in [0.15, 0.2) is 0 Å². The molecule has 16 heavy (non-hydrogen) atoms. The molecule has 5 heteroatoms. The molecule has 0 aliphatic heterocycles. The molecule has 0 rings (SSSR count). The van der Waals surface area contributed by atoms with Gasteiger partial charge in [-0.05, 0) is 41.8 Å². The molecule has 0 heterocycles. The minimum absolute atomic E-state index is 0.00977. The van der Waals surface area contributed by atoms with E-state index >= 15 is 0 Å². The molecule has 0 spiro atoms. The summed E-state index contributed by atoms with van der Waals surface area (Å²) in [5.41, 5.74) is 0. The van der Waals surface area contributed by atoms with Crippen LogP contribution < -0.4 is 0 Å². The van der Waals surface area contributed by atoms with E-state index in [9.17, 15) is 13.2 Å². The lowest BCUT2D eigenvalue weighted by atomic mass is 10.1. The Morgan fingerprint density at radius 2 is 1.38 bits per heavy atom. The van der Waals surface area contributed by atoms with Crippen molar-refractivity contribution in [1.29, 1.82) is 0 Å². The van der Waals surface area contributed by atoms with Crippen molar-refractivity contribution >= 4 is 0 Å². The standard InChI is InChI=1S/C11H23F3N2/c1-8(2)15(5)7-10(11(12,13)14)16(6)9(3)4/h8-10H,7H2,1-6H3/t10-/m0/s1.